The summed E-state index contributed by atoms with van der Waals surface area (Å²) in [5.74, 6) is -2.78. The molecule has 8 heteroatoms. The Morgan fingerprint density at radius 3 is 1.90 bits per heavy atom. The van der Waals surface area contributed by atoms with Gasteiger partial charge in [0.1, 0.15) is 12.2 Å². The van der Waals surface area contributed by atoms with E-state index < -0.39 is 54.2 Å². The van der Waals surface area contributed by atoms with Crippen molar-refractivity contribution in [3.63, 3.8) is 0 Å². The van der Waals surface area contributed by atoms with Crippen LogP contribution < -0.4 is 0 Å². The van der Waals surface area contributed by atoms with Gasteiger partial charge in [-0.15, -0.1) is 0 Å². The second kappa shape index (κ2) is 5.71. The van der Waals surface area contributed by atoms with Gasteiger partial charge < -0.3 is 18.9 Å². The van der Waals surface area contributed by atoms with Crippen molar-refractivity contribution in [3.8, 4) is 0 Å². The zero-order valence-corrected chi connectivity index (χ0v) is 11.9. The first kappa shape index (κ1) is 15.3. The lowest BCUT2D eigenvalue weighted by Crippen LogP contribution is -2.42. The highest BCUT2D eigenvalue weighted by Gasteiger charge is 2.61. The highest BCUT2D eigenvalue weighted by molar-refractivity contribution is 5.74. The molecule has 116 valence electrons. The summed E-state index contributed by atoms with van der Waals surface area (Å²) in [5.41, 5.74) is 0. The van der Waals surface area contributed by atoms with E-state index in [4.69, 9.17) is 18.9 Å². The summed E-state index contributed by atoms with van der Waals surface area (Å²) in [6.45, 7) is 3.59. The van der Waals surface area contributed by atoms with Crippen molar-refractivity contribution in [2.45, 2.75) is 51.6 Å². The lowest BCUT2D eigenvalue weighted by atomic mass is 10.0. The molecular formula is C13H16O8. The molecular weight excluding hydrogens is 284 g/mol. The van der Waals surface area contributed by atoms with E-state index >= 15 is 0 Å². The Labute approximate surface area is 120 Å². The van der Waals surface area contributed by atoms with E-state index in [0.29, 0.717) is 0 Å². The molecule has 1 heterocycles. The summed E-state index contributed by atoms with van der Waals surface area (Å²) in [5, 5.41) is 0. The number of ether oxygens (including phenoxy) is 4. The van der Waals surface area contributed by atoms with E-state index in [1.54, 1.807) is 0 Å². The average Bonchev–Trinajstić information content (AvgIpc) is 2.80. The van der Waals surface area contributed by atoms with Crippen molar-refractivity contribution in [2.24, 2.45) is 5.92 Å². The maximum atomic E-state index is 11.4. The Kier molecular flexibility index (Phi) is 4.15. The molecule has 0 amide bonds. The number of fused-ring (bicyclic) bond motifs is 1. The molecule has 0 spiro atoms. The predicted molar refractivity (Wildman–Crippen MR) is 64.6 cm³/mol. The highest BCUT2D eigenvalue weighted by Crippen LogP contribution is 2.42. The van der Waals surface area contributed by atoms with Crippen LogP contribution in [0.3, 0.4) is 0 Å². The fourth-order valence-corrected chi connectivity index (χ4v) is 2.82. The van der Waals surface area contributed by atoms with E-state index in [2.05, 4.69) is 0 Å². The SMILES string of the molecule is CC(=O)O[C@@H]1[C@H](OC(C)=O)[C@H](OC(C)=O)[C@H]2CC(=O)O[C@H]21. The Bertz CT molecular complexity index is 451. The van der Waals surface area contributed by atoms with Crippen molar-refractivity contribution in [1.82, 2.24) is 0 Å². The van der Waals surface area contributed by atoms with Crippen molar-refractivity contribution in [3.05, 3.63) is 0 Å². The van der Waals surface area contributed by atoms with Gasteiger partial charge in [0.25, 0.3) is 0 Å². The van der Waals surface area contributed by atoms with Crippen LogP contribution in [0.2, 0.25) is 0 Å². The van der Waals surface area contributed by atoms with Crippen LogP contribution in [0.15, 0.2) is 0 Å². The molecule has 0 aromatic carbocycles. The second-order valence-electron chi connectivity index (χ2n) is 5.04. The summed E-state index contributed by atoms with van der Waals surface area (Å²) in [6.07, 6.45) is -3.62. The quantitative estimate of drug-likeness (QED) is 0.518. The third-order valence-corrected chi connectivity index (χ3v) is 3.39. The topological polar surface area (TPSA) is 105 Å². The molecule has 0 aromatic heterocycles. The van der Waals surface area contributed by atoms with E-state index in [1.165, 1.54) is 20.8 Å². The Morgan fingerprint density at radius 2 is 1.38 bits per heavy atom. The first-order valence-electron chi connectivity index (χ1n) is 6.50. The number of hydrogen-bond acceptors (Lipinski definition) is 8. The van der Waals surface area contributed by atoms with E-state index in [0.717, 1.165) is 0 Å². The van der Waals surface area contributed by atoms with Crippen molar-refractivity contribution in [2.75, 3.05) is 0 Å². The monoisotopic (exact) mass is 300 g/mol. The molecule has 21 heavy (non-hydrogen) atoms. The first-order chi connectivity index (χ1) is 9.79. The zero-order chi connectivity index (χ0) is 15.7. The summed E-state index contributed by atoms with van der Waals surface area (Å²) in [6, 6.07) is 0. The molecule has 8 nitrogen and oxygen atoms in total. The van der Waals surface area contributed by atoms with Gasteiger partial charge in [-0.2, -0.15) is 0 Å². The van der Waals surface area contributed by atoms with E-state index in [-0.39, 0.29) is 6.42 Å². The molecule has 1 aliphatic carbocycles. The third-order valence-electron chi connectivity index (χ3n) is 3.39. The maximum absolute atomic E-state index is 11.4. The lowest BCUT2D eigenvalue weighted by Gasteiger charge is -2.25. The number of hydrogen-bond donors (Lipinski definition) is 0. The molecule has 0 radical (unpaired) electrons. The minimum absolute atomic E-state index is 0.0120. The predicted octanol–water partition coefficient (Wildman–Crippen LogP) is -0.273. The first-order valence-corrected chi connectivity index (χ1v) is 6.50. The molecule has 1 saturated carbocycles. The average molecular weight is 300 g/mol. The number of esters is 4. The molecule has 0 unspecified atom stereocenters. The Hall–Kier alpha value is -2.12. The summed E-state index contributed by atoms with van der Waals surface area (Å²) in [4.78, 5) is 45.1. The molecule has 0 N–H and O–H groups in total. The second-order valence-corrected chi connectivity index (χ2v) is 5.04. The van der Waals surface area contributed by atoms with Crippen LogP contribution in [0.1, 0.15) is 27.2 Å². The van der Waals surface area contributed by atoms with Gasteiger partial charge in [-0.25, -0.2) is 0 Å². The van der Waals surface area contributed by atoms with Gasteiger partial charge in [0, 0.05) is 20.8 Å². The van der Waals surface area contributed by atoms with Gasteiger partial charge in [-0.3, -0.25) is 19.2 Å². The van der Waals surface area contributed by atoms with Gasteiger partial charge in [0.15, 0.2) is 12.2 Å². The van der Waals surface area contributed by atoms with E-state index in [9.17, 15) is 19.2 Å². The highest BCUT2D eigenvalue weighted by atomic mass is 16.6. The molecule has 2 aliphatic rings. The minimum atomic E-state index is -0.988. The molecule has 2 fully saturated rings. The number of carbonyl (C=O) groups excluding carboxylic acids is 4. The van der Waals surface area contributed by atoms with Gasteiger partial charge in [-0.05, 0) is 0 Å². The lowest BCUT2D eigenvalue weighted by molar-refractivity contribution is -0.181. The standard InChI is InChI=1S/C13H16O8/c1-5(14)18-10-8-4-9(17)21-11(8)13(20-7(3)16)12(10)19-6(2)15/h8,10-13H,4H2,1-3H3/t8-,10-,11-,12-,13+/m1/s1. The third kappa shape index (κ3) is 3.14. The van der Waals surface area contributed by atoms with Crippen LogP contribution in [0.5, 0.6) is 0 Å². The maximum Gasteiger partial charge on any atom is 0.306 e. The van der Waals surface area contributed by atoms with Crippen LogP contribution in [0.25, 0.3) is 0 Å². The van der Waals surface area contributed by atoms with Crippen molar-refractivity contribution in [1.29, 1.82) is 0 Å². The summed E-state index contributed by atoms with van der Waals surface area (Å²) >= 11 is 0. The largest absolute Gasteiger partial charge is 0.458 e. The molecule has 5 atom stereocenters. The van der Waals surface area contributed by atoms with Crippen LogP contribution in [-0.2, 0) is 38.1 Å². The smallest absolute Gasteiger partial charge is 0.306 e. The normalized spacial score (nSPS) is 33.9. The molecule has 1 saturated heterocycles. The summed E-state index contributed by atoms with van der Waals surface area (Å²) < 4.78 is 20.5. The fraction of sp³-hybridized carbons (Fsp3) is 0.692. The van der Waals surface area contributed by atoms with Crippen LogP contribution >= 0.6 is 0 Å². The molecule has 2 rings (SSSR count). The molecule has 0 aromatic rings. The molecule has 1 aliphatic heterocycles. The summed E-state index contributed by atoms with van der Waals surface area (Å²) in [7, 11) is 0. The number of rotatable bonds is 3. The van der Waals surface area contributed by atoms with Crippen LogP contribution in [0, 0.1) is 5.92 Å². The van der Waals surface area contributed by atoms with Gasteiger partial charge in [-0.1, -0.05) is 0 Å². The van der Waals surface area contributed by atoms with Crippen molar-refractivity contribution >= 4 is 23.9 Å². The van der Waals surface area contributed by atoms with Crippen molar-refractivity contribution < 1.29 is 38.1 Å². The van der Waals surface area contributed by atoms with Gasteiger partial charge in [0.05, 0.1) is 12.3 Å². The molecule has 0 bridgehead atoms. The van der Waals surface area contributed by atoms with Gasteiger partial charge >= 0.3 is 23.9 Å². The number of carbonyl (C=O) groups is 4. The van der Waals surface area contributed by atoms with Crippen LogP contribution in [0.4, 0.5) is 0 Å². The minimum Gasteiger partial charge on any atom is -0.458 e. The van der Waals surface area contributed by atoms with Crippen LogP contribution in [-0.4, -0.2) is 48.3 Å². The van der Waals surface area contributed by atoms with Gasteiger partial charge in [0.2, 0.25) is 0 Å². The Balaban J connectivity index is 2.30. The zero-order valence-electron chi connectivity index (χ0n) is 11.9. The Morgan fingerprint density at radius 1 is 0.905 bits per heavy atom. The van der Waals surface area contributed by atoms with E-state index in [1.807, 2.05) is 0 Å². The fourth-order valence-electron chi connectivity index (χ4n) is 2.82.